The van der Waals surface area contributed by atoms with Crippen molar-refractivity contribution in [1.29, 1.82) is 0 Å². The Kier molecular flexibility index (Phi) is 5.63. The predicted molar refractivity (Wildman–Crippen MR) is 73.0 cm³/mol. The van der Waals surface area contributed by atoms with Crippen LogP contribution in [0.4, 0.5) is 0 Å². The molecule has 0 fully saturated rings. The van der Waals surface area contributed by atoms with Crippen molar-refractivity contribution >= 4 is 0 Å². The predicted octanol–water partition coefficient (Wildman–Crippen LogP) is 2.80. The third kappa shape index (κ3) is 5.07. The molecule has 0 saturated carbocycles. The van der Waals surface area contributed by atoms with Crippen LogP contribution in [0, 0.1) is 0 Å². The molecule has 0 aliphatic carbocycles. The zero-order valence-corrected chi connectivity index (χ0v) is 11.8. The van der Waals surface area contributed by atoms with Gasteiger partial charge < -0.3 is 14.6 Å². The Morgan fingerprint density at radius 3 is 2.28 bits per heavy atom. The summed E-state index contributed by atoms with van der Waals surface area (Å²) >= 11 is 0. The molecule has 1 aromatic carbocycles. The molecule has 0 aliphatic rings. The highest BCUT2D eigenvalue weighted by atomic mass is 16.5. The number of methoxy groups -OCH3 is 2. The van der Waals surface area contributed by atoms with Crippen LogP contribution in [0.5, 0.6) is 5.75 Å². The topological polar surface area (TPSA) is 38.7 Å². The van der Waals surface area contributed by atoms with Crippen molar-refractivity contribution in [3.05, 3.63) is 29.8 Å². The average Bonchev–Trinajstić information content (AvgIpc) is 2.37. The second-order valence-electron chi connectivity index (χ2n) is 5.21. The number of hydrogen-bond donors (Lipinski definition) is 1. The molecule has 102 valence electrons. The Hall–Kier alpha value is -1.06. The van der Waals surface area contributed by atoms with Gasteiger partial charge >= 0.3 is 0 Å². The zero-order chi connectivity index (χ0) is 13.6. The molecule has 0 amide bonds. The van der Waals surface area contributed by atoms with Crippen molar-refractivity contribution in [3.8, 4) is 5.75 Å². The van der Waals surface area contributed by atoms with Gasteiger partial charge in [0.1, 0.15) is 5.75 Å². The van der Waals surface area contributed by atoms with Gasteiger partial charge in [-0.25, -0.2) is 0 Å². The first kappa shape index (κ1) is 15.0. The van der Waals surface area contributed by atoms with E-state index < -0.39 is 0 Å². The molecule has 1 rings (SSSR count). The fourth-order valence-corrected chi connectivity index (χ4v) is 1.75. The van der Waals surface area contributed by atoms with Gasteiger partial charge in [0.25, 0.3) is 0 Å². The molecule has 0 spiro atoms. The number of rotatable bonds is 7. The molecule has 0 heterocycles. The van der Waals surface area contributed by atoms with Crippen LogP contribution in [0.25, 0.3) is 0 Å². The van der Waals surface area contributed by atoms with Crippen LogP contribution < -0.4 is 4.74 Å². The summed E-state index contributed by atoms with van der Waals surface area (Å²) in [4.78, 5) is 0. The van der Waals surface area contributed by atoms with Crippen LogP contribution in [0.15, 0.2) is 24.3 Å². The van der Waals surface area contributed by atoms with Gasteiger partial charge in [-0.15, -0.1) is 0 Å². The number of benzene rings is 1. The first-order valence-electron chi connectivity index (χ1n) is 6.33. The Morgan fingerprint density at radius 2 is 1.78 bits per heavy atom. The van der Waals surface area contributed by atoms with Gasteiger partial charge in [-0.05, 0) is 50.8 Å². The molecule has 0 radical (unpaired) electrons. The molecule has 0 bridgehead atoms. The number of aliphatic hydroxyl groups is 1. The summed E-state index contributed by atoms with van der Waals surface area (Å²) in [6.07, 6.45) is 1.94. The monoisotopic (exact) mass is 252 g/mol. The molecular weight excluding hydrogens is 228 g/mol. The lowest BCUT2D eigenvalue weighted by molar-refractivity contribution is 0.00306. The minimum absolute atomic E-state index is 0.166. The first-order valence-corrected chi connectivity index (χ1v) is 6.33. The molecule has 1 N–H and O–H groups in total. The quantitative estimate of drug-likeness (QED) is 0.811. The lowest BCUT2D eigenvalue weighted by Gasteiger charge is -2.24. The third-order valence-corrected chi connectivity index (χ3v) is 3.26. The van der Waals surface area contributed by atoms with E-state index in [1.54, 1.807) is 14.2 Å². The standard InChI is InChI=1S/C15H24O3/c1-15(2,18-4)10-9-13(16)11-12-5-7-14(17-3)8-6-12/h5-8,13,16H,9-11H2,1-4H3. The van der Waals surface area contributed by atoms with Crippen LogP contribution in [-0.2, 0) is 11.2 Å². The maximum absolute atomic E-state index is 10.0. The SMILES string of the molecule is COc1ccc(CC(O)CCC(C)(C)OC)cc1. The highest BCUT2D eigenvalue weighted by Crippen LogP contribution is 2.19. The van der Waals surface area contributed by atoms with Crippen molar-refractivity contribution in [2.24, 2.45) is 0 Å². The summed E-state index contributed by atoms with van der Waals surface area (Å²) in [5.41, 5.74) is 0.958. The molecule has 0 aromatic heterocycles. The van der Waals surface area contributed by atoms with Crippen LogP contribution in [0.2, 0.25) is 0 Å². The third-order valence-electron chi connectivity index (χ3n) is 3.26. The largest absolute Gasteiger partial charge is 0.497 e. The molecule has 1 atom stereocenters. The minimum atomic E-state index is -0.326. The number of aliphatic hydroxyl groups excluding tert-OH is 1. The maximum atomic E-state index is 10.0. The number of ether oxygens (including phenoxy) is 2. The summed E-state index contributed by atoms with van der Waals surface area (Å²) in [5, 5.41) is 10.0. The molecule has 18 heavy (non-hydrogen) atoms. The van der Waals surface area contributed by atoms with E-state index in [9.17, 15) is 5.11 Å². The molecule has 0 saturated heterocycles. The van der Waals surface area contributed by atoms with Gasteiger partial charge in [0.15, 0.2) is 0 Å². The van der Waals surface area contributed by atoms with E-state index >= 15 is 0 Å². The van der Waals surface area contributed by atoms with E-state index in [4.69, 9.17) is 9.47 Å². The summed E-state index contributed by atoms with van der Waals surface area (Å²) < 4.78 is 10.4. The van der Waals surface area contributed by atoms with Gasteiger partial charge in [-0.2, -0.15) is 0 Å². The van der Waals surface area contributed by atoms with E-state index in [0.717, 1.165) is 24.2 Å². The molecule has 3 nitrogen and oxygen atoms in total. The summed E-state index contributed by atoms with van der Waals surface area (Å²) in [5.74, 6) is 0.841. The summed E-state index contributed by atoms with van der Waals surface area (Å²) in [7, 11) is 3.35. The fourth-order valence-electron chi connectivity index (χ4n) is 1.75. The van der Waals surface area contributed by atoms with E-state index in [1.807, 2.05) is 38.1 Å². The Balaban J connectivity index is 2.41. The van der Waals surface area contributed by atoms with E-state index in [2.05, 4.69) is 0 Å². The highest BCUT2D eigenvalue weighted by Gasteiger charge is 2.18. The number of hydrogen-bond acceptors (Lipinski definition) is 3. The van der Waals surface area contributed by atoms with Crippen molar-refractivity contribution in [2.75, 3.05) is 14.2 Å². The van der Waals surface area contributed by atoms with Crippen LogP contribution in [-0.4, -0.2) is 31.0 Å². The van der Waals surface area contributed by atoms with Gasteiger partial charge in [0.05, 0.1) is 18.8 Å². The maximum Gasteiger partial charge on any atom is 0.118 e. The smallest absolute Gasteiger partial charge is 0.118 e. The fraction of sp³-hybridized carbons (Fsp3) is 0.600. The molecule has 0 aliphatic heterocycles. The first-order chi connectivity index (χ1) is 8.46. The van der Waals surface area contributed by atoms with Crippen molar-refractivity contribution in [3.63, 3.8) is 0 Å². The minimum Gasteiger partial charge on any atom is -0.497 e. The highest BCUT2D eigenvalue weighted by molar-refractivity contribution is 5.27. The van der Waals surface area contributed by atoms with Crippen molar-refractivity contribution < 1.29 is 14.6 Å². The van der Waals surface area contributed by atoms with Crippen LogP contribution in [0.3, 0.4) is 0 Å². The van der Waals surface area contributed by atoms with E-state index in [1.165, 1.54) is 0 Å². The lowest BCUT2D eigenvalue weighted by Crippen LogP contribution is -2.25. The summed E-state index contributed by atoms with van der Waals surface area (Å²) in [6, 6.07) is 7.81. The molecular formula is C15H24O3. The zero-order valence-electron chi connectivity index (χ0n) is 11.8. The van der Waals surface area contributed by atoms with Crippen molar-refractivity contribution in [2.45, 2.75) is 44.8 Å². The van der Waals surface area contributed by atoms with E-state index in [-0.39, 0.29) is 11.7 Å². The normalized spacial score (nSPS) is 13.4. The van der Waals surface area contributed by atoms with Gasteiger partial charge in [-0.1, -0.05) is 12.1 Å². The van der Waals surface area contributed by atoms with Crippen LogP contribution in [0.1, 0.15) is 32.3 Å². The molecule has 1 unspecified atom stereocenters. The second-order valence-corrected chi connectivity index (χ2v) is 5.21. The molecule has 1 aromatic rings. The summed E-state index contributed by atoms with van der Waals surface area (Å²) in [6.45, 7) is 4.07. The lowest BCUT2D eigenvalue weighted by atomic mass is 9.97. The van der Waals surface area contributed by atoms with Gasteiger partial charge in [-0.3, -0.25) is 0 Å². The Bertz CT molecular complexity index is 343. The van der Waals surface area contributed by atoms with E-state index in [0.29, 0.717) is 6.42 Å². The Morgan fingerprint density at radius 1 is 1.17 bits per heavy atom. The van der Waals surface area contributed by atoms with Gasteiger partial charge in [0, 0.05) is 7.11 Å². The Labute approximate surface area is 110 Å². The molecule has 3 heteroatoms. The van der Waals surface area contributed by atoms with Crippen molar-refractivity contribution in [1.82, 2.24) is 0 Å². The van der Waals surface area contributed by atoms with Gasteiger partial charge in [0.2, 0.25) is 0 Å². The van der Waals surface area contributed by atoms with Crippen LogP contribution >= 0.6 is 0 Å². The average molecular weight is 252 g/mol. The second kappa shape index (κ2) is 6.76.